The van der Waals surface area contributed by atoms with Gasteiger partial charge in [0.2, 0.25) is 0 Å². The minimum absolute atomic E-state index is 0.0997. The van der Waals surface area contributed by atoms with Gasteiger partial charge in [0.05, 0.1) is 13.2 Å². The highest BCUT2D eigenvalue weighted by Crippen LogP contribution is 2.20. The van der Waals surface area contributed by atoms with Gasteiger partial charge in [-0.05, 0) is 25.7 Å². The van der Waals surface area contributed by atoms with Crippen molar-refractivity contribution in [3.05, 3.63) is 12.2 Å². The van der Waals surface area contributed by atoms with E-state index >= 15 is 0 Å². The number of hydrogen-bond acceptors (Lipinski definition) is 5. The Labute approximate surface area is 191 Å². The molecule has 184 valence electrons. The number of aliphatic hydroxyl groups excluding tert-OH is 3. The van der Waals surface area contributed by atoms with Crippen molar-refractivity contribution in [2.45, 2.75) is 134 Å². The predicted molar refractivity (Wildman–Crippen MR) is 127 cm³/mol. The lowest BCUT2D eigenvalue weighted by atomic mass is 10.0. The van der Waals surface area contributed by atoms with Crippen LogP contribution in [-0.4, -0.2) is 59.6 Å². The molecule has 1 saturated heterocycles. The second-order valence-electron chi connectivity index (χ2n) is 9.09. The number of aliphatic hydroxyl groups is 3. The first-order valence-corrected chi connectivity index (χ1v) is 13.1. The average molecular weight is 443 g/mol. The second kappa shape index (κ2) is 20.2. The third-order valence-electron chi connectivity index (χ3n) is 6.22. The number of unbranched alkanes of at least 4 members (excludes halogenated alkanes) is 14. The molecular formula is C26H50O5. The van der Waals surface area contributed by atoms with Gasteiger partial charge in [0.25, 0.3) is 0 Å². The Hall–Kier alpha value is -0.460. The molecule has 1 aliphatic heterocycles. The summed E-state index contributed by atoms with van der Waals surface area (Å²) in [5.41, 5.74) is 0. The van der Waals surface area contributed by atoms with Gasteiger partial charge < -0.3 is 24.8 Å². The van der Waals surface area contributed by atoms with Crippen LogP contribution in [0.25, 0.3) is 0 Å². The van der Waals surface area contributed by atoms with E-state index in [0.717, 1.165) is 12.8 Å². The summed E-state index contributed by atoms with van der Waals surface area (Å²) in [6.45, 7) is 2.70. The molecule has 0 aromatic heterocycles. The van der Waals surface area contributed by atoms with E-state index in [1.54, 1.807) is 0 Å². The summed E-state index contributed by atoms with van der Waals surface area (Å²) in [5.74, 6) is 0. The summed E-state index contributed by atoms with van der Waals surface area (Å²) in [5, 5.41) is 28.8. The molecule has 0 aromatic rings. The molecule has 0 amide bonds. The Morgan fingerprint density at radius 2 is 1.32 bits per heavy atom. The van der Waals surface area contributed by atoms with Crippen molar-refractivity contribution in [2.24, 2.45) is 0 Å². The van der Waals surface area contributed by atoms with Crippen molar-refractivity contribution in [3.63, 3.8) is 0 Å². The molecule has 0 aromatic carbocycles. The molecule has 0 saturated carbocycles. The van der Waals surface area contributed by atoms with Crippen LogP contribution in [0.3, 0.4) is 0 Å². The zero-order valence-electron chi connectivity index (χ0n) is 20.1. The summed E-state index contributed by atoms with van der Waals surface area (Å²) >= 11 is 0. The molecule has 5 heteroatoms. The van der Waals surface area contributed by atoms with Crippen LogP contribution in [-0.2, 0) is 9.47 Å². The first-order chi connectivity index (χ1) is 15.2. The Morgan fingerprint density at radius 3 is 1.81 bits per heavy atom. The third kappa shape index (κ3) is 14.3. The lowest BCUT2D eigenvalue weighted by Crippen LogP contribution is -2.42. The normalized spacial score (nSPS) is 22.5. The molecule has 5 nitrogen and oxygen atoms in total. The van der Waals surface area contributed by atoms with Crippen molar-refractivity contribution >= 4 is 0 Å². The molecule has 1 heterocycles. The Morgan fingerprint density at radius 1 is 0.806 bits per heavy atom. The molecule has 1 fully saturated rings. The van der Waals surface area contributed by atoms with Crippen molar-refractivity contribution < 1.29 is 24.8 Å². The second-order valence-corrected chi connectivity index (χ2v) is 9.09. The highest BCUT2D eigenvalue weighted by Gasteiger charge is 2.40. The van der Waals surface area contributed by atoms with Crippen molar-refractivity contribution in [1.29, 1.82) is 0 Å². The van der Waals surface area contributed by atoms with Crippen LogP contribution >= 0.6 is 0 Å². The van der Waals surface area contributed by atoms with Crippen LogP contribution in [0, 0.1) is 0 Å². The van der Waals surface area contributed by atoms with Gasteiger partial charge in [-0.1, -0.05) is 96.1 Å². The Bertz CT molecular complexity index is 415. The number of rotatable bonds is 21. The fourth-order valence-corrected chi connectivity index (χ4v) is 4.13. The average Bonchev–Trinajstić information content (AvgIpc) is 3.11. The summed E-state index contributed by atoms with van der Waals surface area (Å²) < 4.78 is 11.0. The van der Waals surface area contributed by atoms with Gasteiger partial charge in [0, 0.05) is 6.61 Å². The van der Waals surface area contributed by atoms with Crippen LogP contribution in [0.5, 0.6) is 0 Å². The topological polar surface area (TPSA) is 79.2 Å². The first kappa shape index (κ1) is 28.6. The maximum absolute atomic E-state index is 9.85. The van der Waals surface area contributed by atoms with Gasteiger partial charge in [0.1, 0.15) is 24.4 Å². The molecule has 0 radical (unpaired) electrons. The van der Waals surface area contributed by atoms with Gasteiger partial charge in [0.15, 0.2) is 0 Å². The van der Waals surface area contributed by atoms with E-state index in [4.69, 9.17) is 9.47 Å². The molecule has 1 aliphatic rings. The largest absolute Gasteiger partial charge is 0.394 e. The maximum Gasteiger partial charge on any atom is 0.114 e. The molecule has 0 unspecified atom stereocenters. The zero-order valence-corrected chi connectivity index (χ0v) is 20.1. The minimum atomic E-state index is -0.977. The number of ether oxygens (including phenoxy) is 2. The van der Waals surface area contributed by atoms with E-state index in [-0.39, 0.29) is 13.2 Å². The van der Waals surface area contributed by atoms with E-state index in [2.05, 4.69) is 19.1 Å². The summed E-state index contributed by atoms with van der Waals surface area (Å²) in [4.78, 5) is 0. The molecule has 3 N–H and O–H groups in total. The van der Waals surface area contributed by atoms with Crippen LogP contribution in [0.4, 0.5) is 0 Å². The Balaban J connectivity index is 1.80. The lowest BCUT2D eigenvalue weighted by Gasteiger charge is -2.24. The fourth-order valence-electron chi connectivity index (χ4n) is 4.13. The van der Waals surface area contributed by atoms with Gasteiger partial charge in [-0.2, -0.15) is 0 Å². The van der Waals surface area contributed by atoms with E-state index in [1.807, 2.05) is 0 Å². The van der Waals surface area contributed by atoms with E-state index in [9.17, 15) is 15.3 Å². The fraction of sp³-hybridized carbons (Fsp3) is 0.923. The standard InChI is InChI=1S/C26H50O5/c1-2-3-4-5-6-7-8-9-10-11-12-13-14-15-16-17-18-19-20-30-24(21-27)26-25(29)23(28)22-31-26/h5-6,23-29H,2-4,7-22H2,1H3/b6-5+/t23-,24+,25-,26-/m1/s1. The van der Waals surface area contributed by atoms with Crippen molar-refractivity contribution in [2.75, 3.05) is 19.8 Å². The molecule has 31 heavy (non-hydrogen) atoms. The smallest absolute Gasteiger partial charge is 0.114 e. The SMILES string of the molecule is CCCC/C=C/CCCCCCCCCCCCCCO[C@@H](CO)[C@H]1OC[C@@H](O)[C@H]1O. The minimum Gasteiger partial charge on any atom is -0.394 e. The molecule has 0 aliphatic carbocycles. The van der Waals surface area contributed by atoms with E-state index < -0.39 is 24.4 Å². The molecule has 1 rings (SSSR count). The van der Waals surface area contributed by atoms with Gasteiger partial charge in [-0.15, -0.1) is 0 Å². The first-order valence-electron chi connectivity index (χ1n) is 13.1. The number of hydrogen-bond donors (Lipinski definition) is 3. The Kier molecular flexibility index (Phi) is 18.6. The van der Waals surface area contributed by atoms with Gasteiger partial charge in [-0.25, -0.2) is 0 Å². The van der Waals surface area contributed by atoms with Gasteiger partial charge >= 0.3 is 0 Å². The van der Waals surface area contributed by atoms with Crippen LogP contribution in [0.1, 0.15) is 110 Å². The van der Waals surface area contributed by atoms with Crippen LogP contribution < -0.4 is 0 Å². The monoisotopic (exact) mass is 442 g/mol. The van der Waals surface area contributed by atoms with Gasteiger partial charge in [-0.3, -0.25) is 0 Å². The predicted octanol–water partition coefficient (Wildman–Crippen LogP) is 5.30. The highest BCUT2D eigenvalue weighted by atomic mass is 16.6. The summed E-state index contributed by atoms with van der Waals surface area (Å²) in [6, 6.07) is 0. The summed E-state index contributed by atoms with van der Waals surface area (Å²) in [6.07, 6.45) is 22.3. The van der Waals surface area contributed by atoms with E-state index in [0.29, 0.717) is 6.61 Å². The van der Waals surface area contributed by atoms with Crippen molar-refractivity contribution in [3.8, 4) is 0 Å². The molecular weight excluding hydrogens is 392 g/mol. The van der Waals surface area contributed by atoms with Crippen LogP contribution in [0.2, 0.25) is 0 Å². The molecule has 0 bridgehead atoms. The molecule has 4 atom stereocenters. The molecule has 0 spiro atoms. The van der Waals surface area contributed by atoms with E-state index in [1.165, 1.54) is 89.9 Å². The summed E-state index contributed by atoms with van der Waals surface area (Å²) in [7, 11) is 0. The zero-order chi connectivity index (χ0) is 22.6. The lowest BCUT2D eigenvalue weighted by molar-refractivity contribution is -0.101. The third-order valence-corrected chi connectivity index (χ3v) is 6.22. The quantitative estimate of drug-likeness (QED) is 0.166. The van der Waals surface area contributed by atoms with Crippen LogP contribution in [0.15, 0.2) is 12.2 Å². The number of allylic oxidation sites excluding steroid dienone is 2. The van der Waals surface area contributed by atoms with Crippen molar-refractivity contribution in [1.82, 2.24) is 0 Å². The highest BCUT2D eigenvalue weighted by molar-refractivity contribution is 4.88. The maximum atomic E-state index is 9.85.